The minimum absolute atomic E-state index is 0.312. The van der Waals surface area contributed by atoms with Crippen LogP contribution in [-0.4, -0.2) is 28.1 Å². The molecule has 0 aliphatic carbocycles. The monoisotopic (exact) mass is 223 g/mol. The van der Waals surface area contributed by atoms with Crippen LogP contribution in [0, 0.1) is 0 Å². The molecule has 0 aliphatic heterocycles. The quantitative estimate of drug-likeness (QED) is 0.687. The van der Waals surface area contributed by atoms with Crippen molar-refractivity contribution >= 4 is 12.0 Å². The predicted molar refractivity (Wildman–Crippen MR) is 56.7 cm³/mol. The van der Waals surface area contributed by atoms with Crippen LogP contribution in [0.25, 0.3) is 0 Å². The lowest BCUT2D eigenvalue weighted by Crippen LogP contribution is -2.44. The largest absolute Gasteiger partial charge is 0.480 e. The zero-order valence-corrected chi connectivity index (χ0v) is 8.80. The molecule has 1 heterocycles. The van der Waals surface area contributed by atoms with Gasteiger partial charge in [0.25, 0.3) is 0 Å². The molecule has 1 unspecified atom stereocenters. The van der Waals surface area contributed by atoms with Crippen molar-refractivity contribution in [2.24, 2.45) is 0 Å². The first-order chi connectivity index (χ1) is 7.59. The summed E-state index contributed by atoms with van der Waals surface area (Å²) in [6, 6.07) is 2.15. The molecule has 3 N–H and O–H groups in total. The van der Waals surface area contributed by atoms with E-state index in [2.05, 4.69) is 15.6 Å². The second-order valence-electron chi connectivity index (χ2n) is 3.25. The SMILES string of the molecule is CC(NC(=O)NCc1cccnc1)C(=O)O. The van der Waals surface area contributed by atoms with Crippen LogP contribution in [-0.2, 0) is 11.3 Å². The van der Waals surface area contributed by atoms with Crippen LogP contribution >= 0.6 is 0 Å². The van der Waals surface area contributed by atoms with Crippen LogP contribution in [0.4, 0.5) is 4.79 Å². The number of carbonyl (C=O) groups is 2. The second kappa shape index (κ2) is 5.69. The number of urea groups is 1. The molecule has 0 fully saturated rings. The van der Waals surface area contributed by atoms with Gasteiger partial charge in [0, 0.05) is 18.9 Å². The molecule has 6 heteroatoms. The summed E-state index contributed by atoms with van der Waals surface area (Å²) in [5.74, 6) is -1.07. The molecule has 0 saturated carbocycles. The Balaban J connectivity index is 2.33. The van der Waals surface area contributed by atoms with Gasteiger partial charge in [0.05, 0.1) is 0 Å². The molecule has 1 atom stereocenters. The van der Waals surface area contributed by atoms with E-state index in [0.29, 0.717) is 6.54 Å². The fraction of sp³-hybridized carbons (Fsp3) is 0.300. The van der Waals surface area contributed by atoms with E-state index in [4.69, 9.17) is 5.11 Å². The first-order valence-electron chi connectivity index (χ1n) is 4.75. The van der Waals surface area contributed by atoms with Crippen molar-refractivity contribution < 1.29 is 14.7 Å². The standard InChI is InChI=1S/C10H13N3O3/c1-7(9(14)15)13-10(16)12-6-8-3-2-4-11-5-8/h2-5,7H,6H2,1H3,(H,14,15)(H2,12,13,16). The minimum atomic E-state index is -1.07. The summed E-state index contributed by atoms with van der Waals surface area (Å²) < 4.78 is 0. The first kappa shape index (κ1) is 12.0. The van der Waals surface area contributed by atoms with Crippen LogP contribution in [0.5, 0.6) is 0 Å². The average Bonchev–Trinajstić information content (AvgIpc) is 2.27. The number of nitrogens with zero attached hydrogens (tertiary/aromatic N) is 1. The van der Waals surface area contributed by atoms with E-state index in [0.717, 1.165) is 5.56 Å². The van der Waals surface area contributed by atoms with Crippen molar-refractivity contribution in [2.45, 2.75) is 19.5 Å². The molecule has 0 radical (unpaired) electrons. The summed E-state index contributed by atoms with van der Waals surface area (Å²) >= 11 is 0. The van der Waals surface area contributed by atoms with Gasteiger partial charge in [0.1, 0.15) is 6.04 Å². The molecule has 0 saturated heterocycles. The number of rotatable bonds is 4. The number of nitrogens with one attached hydrogen (secondary N) is 2. The van der Waals surface area contributed by atoms with Crippen LogP contribution in [0.3, 0.4) is 0 Å². The average molecular weight is 223 g/mol. The number of carbonyl (C=O) groups excluding carboxylic acids is 1. The van der Waals surface area contributed by atoms with Gasteiger partial charge < -0.3 is 15.7 Å². The molecule has 1 aromatic rings. The highest BCUT2D eigenvalue weighted by Gasteiger charge is 2.12. The molecule has 86 valence electrons. The number of hydrogen-bond donors (Lipinski definition) is 3. The van der Waals surface area contributed by atoms with Gasteiger partial charge in [-0.05, 0) is 18.6 Å². The van der Waals surface area contributed by atoms with Gasteiger partial charge in [-0.1, -0.05) is 6.07 Å². The number of carboxylic acid groups (broad SMARTS) is 1. The lowest BCUT2D eigenvalue weighted by atomic mass is 10.3. The highest BCUT2D eigenvalue weighted by Crippen LogP contribution is 1.94. The van der Waals surface area contributed by atoms with Gasteiger partial charge in [-0.2, -0.15) is 0 Å². The number of pyridine rings is 1. The molecular formula is C10H13N3O3. The lowest BCUT2D eigenvalue weighted by Gasteiger charge is -2.10. The third-order valence-electron chi connectivity index (χ3n) is 1.89. The Morgan fingerprint density at radius 2 is 2.31 bits per heavy atom. The summed E-state index contributed by atoms with van der Waals surface area (Å²) in [5, 5.41) is 13.4. The number of hydrogen-bond acceptors (Lipinski definition) is 3. The second-order valence-corrected chi connectivity index (χ2v) is 3.25. The van der Waals surface area contributed by atoms with E-state index >= 15 is 0 Å². The molecular weight excluding hydrogens is 210 g/mol. The third kappa shape index (κ3) is 3.95. The fourth-order valence-electron chi connectivity index (χ4n) is 0.994. The van der Waals surface area contributed by atoms with Crippen molar-refractivity contribution in [3.05, 3.63) is 30.1 Å². The van der Waals surface area contributed by atoms with Crippen molar-refractivity contribution in [2.75, 3.05) is 0 Å². The number of carboxylic acids is 1. The summed E-state index contributed by atoms with van der Waals surface area (Å²) in [6.45, 7) is 1.71. The number of aromatic nitrogens is 1. The highest BCUT2D eigenvalue weighted by molar-refractivity contribution is 5.82. The molecule has 1 rings (SSSR count). The van der Waals surface area contributed by atoms with Gasteiger partial charge in [0.2, 0.25) is 0 Å². The van der Waals surface area contributed by atoms with Gasteiger partial charge in [-0.3, -0.25) is 9.78 Å². The Hall–Kier alpha value is -2.11. The smallest absolute Gasteiger partial charge is 0.325 e. The minimum Gasteiger partial charge on any atom is -0.480 e. The predicted octanol–water partition coefficient (Wildman–Crippen LogP) is 0.354. The Labute approximate surface area is 92.7 Å². The highest BCUT2D eigenvalue weighted by atomic mass is 16.4. The van der Waals surface area contributed by atoms with Crippen LogP contribution in [0.15, 0.2) is 24.5 Å². The molecule has 0 spiro atoms. The molecule has 0 aromatic carbocycles. The molecule has 6 nitrogen and oxygen atoms in total. The first-order valence-corrected chi connectivity index (χ1v) is 4.75. The van der Waals surface area contributed by atoms with Gasteiger partial charge in [-0.15, -0.1) is 0 Å². The van der Waals surface area contributed by atoms with Crippen LogP contribution in [0.2, 0.25) is 0 Å². The topological polar surface area (TPSA) is 91.3 Å². The van der Waals surface area contributed by atoms with E-state index in [1.165, 1.54) is 6.92 Å². The molecule has 0 bridgehead atoms. The molecule has 1 aromatic heterocycles. The summed E-state index contributed by atoms with van der Waals surface area (Å²) in [6.07, 6.45) is 3.26. The van der Waals surface area contributed by atoms with Crippen molar-refractivity contribution in [1.82, 2.24) is 15.6 Å². The van der Waals surface area contributed by atoms with E-state index in [-0.39, 0.29) is 0 Å². The van der Waals surface area contributed by atoms with E-state index in [1.54, 1.807) is 18.5 Å². The van der Waals surface area contributed by atoms with E-state index < -0.39 is 18.0 Å². The normalized spacial score (nSPS) is 11.6. The van der Waals surface area contributed by atoms with Crippen LogP contribution in [0.1, 0.15) is 12.5 Å². The maximum Gasteiger partial charge on any atom is 0.325 e. The Morgan fingerprint density at radius 1 is 1.56 bits per heavy atom. The van der Waals surface area contributed by atoms with Gasteiger partial charge in [-0.25, -0.2) is 4.79 Å². The van der Waals surface area contributed by atoms with Gasteiger partial charge in [0.15, 0.2) is 0 Å². The Kier molecular flexibility index (Phi) is 4.26. The summed E-state index contributed by atoms with van der Waals surface area (Å²) in [4.78, 5) is 25.6. The van der Waals surface area contributed by atoms with E-state index in [1.807, 2.05) is 6.07 Å². The fourth-order valence-corrected chi connectivity index (χ4v) is 0.994. The number of amides is 2. The van der Waals surface area contributed by atoms with Crippen molar-refractivity contribution in [3.63, 3.8) is 0 Å². The Bertz CT molecular complexity index is 367. The van der Waals surface area contributed by atoms with Crippen molar-refractivity contribution in [1.29, 1.82) is 0 Å². The summed E-state index contributed by atoms with van der Waals surface area (Å²) in [7, 11) is 0. The van der Waals surface area contributed by atoms with Crippen molar-refractivity contribution in [3.8, 4) is 0 Å². The summed E-state index contributed by atoms with van der Waals surface area (Å²) in [5.41, 5.74) is 0.848. The molecule has 0 aliphatic rings. The zero-order chi connectivity index (χ0) is 12.0. The van der Waals surface area contributed by atoms with Gasteiger partial charge >= 0.3 is 12.0 Å². The maximum absolute atomic E-state index is 11.2. The maximum atomic E-state index is 11.2. The lowest BCUT2D eigenvalue weighted by molar-refractivity contribution is -0.138. The zero-order valence-electron chi connectivity index (χ0n) is 8.80. The Morgan fingerprint density at radius 3 is 2.88 bits per heavy atom. The molecule has 16 heavy (non-hydrogen) atoms. The third-order valence-corrected chi connectivity index (χ3v) is 1.89. The van der Waals surface area contributed by atoms with E-state index in [9.17, 15) is 9.59 Å². The van der Waals surface area contributed by atoms with Crippen LogP contribution < -0.4 is 10.6 Å². The molecule has 2 amide bonds. The number of aliphatic carboxylic acids is 1.